The highest BCUT2D eigenvalue weighted by Crippen LogP contribution is 2.12. The Labute approximate surface area is 165 Å². The van der Waals surface area contributed by atoms with Crippen molar-refractivity contribution < 1.29 is 42.9 Å². The predicted molar refractivity (Wildman–Crippen MR) is 96.5 cm³/mol. The maximum absolute atomic E-state index is 13.7. The van der Waals surface area contributed by atoms with Gasteiger partial charge in [-0.25, -0.2) is 4.39 Å². The molecule has 0 amide bonds. The van der Waals surface area contributed by atoms with Crippen LogP contribution in [0, 0.1) is 10.5 Å². The Kier molecular flexibility index (Phi) is 15.1. The molecule has 150 valence electrons. The molecule has 0 aliphatic heterocycles. The van der Waals surface area contributed by atoms with Gasteiger partial charge in [-0.3, -0.25) is 0 Å². The van der Waals surface area contributed by atoms with Gasteiger partial charge in [-0.1, -0.05) is 69.6 Å². The lowest BCUT2D eigenvalue weighted by atomic mass is 10.1. The molecule has 0 unspecified atom stereocenters. The Morgan fingerprint density at radius 3 is 1.85 bits per heavy atom. The number of benzene rings is 1. The van der Waals surface area contributed by atoms with E-state index in [1.54, 1.807) is 0 Å². The molecule has 1 aromatic rings. The highest BCUT2D eigenvalue weighted by Gasteiger charge is 2.20. The van der Waals surface area contributed by atoms with E-state index in [1.165, 1.54) is 54.1 Å². The highest BCUT2D eigenvalue weighted by molar-refractivity contribution is 6.50. The predicted octanol–water partition coefficient (Wildman–Crippen LogP) is 4.90. The molecule has 0 aliphatic rings. The minimum absolute atomic E-state index is 0.106. The third-order valence-electron chi connectivity index (χ3n) is 3.58. The van der Waals surface area contributed by atoms with Crippen molar-refractivity contribution in [1.82, 2.24) is 0 Å². The van der Waals surface area contributed by atoms with Crippen LogP contribution in [0.25, 0.3) is 0 Å². The quantitative estimate of drug-likeness (QED) is 0.179. The third kappa shape index (κ3) is 19.7. The summed E-state index contributed by atoms with van der Waals surface area (Å²) in [6, 6.07) is 8.48. The van der Waals surface area contributed by atoms with Crippen LogP contribution < -0.4 is 21.2 Å². The molecule has 0 saturated heterocycles. The van der Waals surface area contributed by atoms with Crippen LogP contribution in [0.15, 0.2) is 34.2 Å². The zero-order valence-electron chi connectivity index (χ0n) is 15.6. The monoisotopic (exact) mass is 490 g/mol. The summed E-state index contributed by atoms with van der Waals surface area (Å²) in [6.07, 6.45) is 10.8. The highest BCUT2D eigenvalue weighted by atomic mass is 127. The molecule has 0 heterocycles. The van der Waals surface area contributed by atoms with Gasteiger partial charge >= 0.3 is 28.5 Å². The summed E-state index contributed by atoms with van der Waals surface area (Å²) >= 11 is -0.300. The number of rotatable bonds is 11. The Morgan fingerprint density at radius 2 is 1.35 bits per heavy atom. The molecule has 0 N–H and O–H groups in total. The van der Waals surface area contributed by atoms with Crippen molar-refractivity contribution in [3.63, 3.8) is 0 Å². The Balaban J connectivity index is 0.00000110. The van der Waals surface area contributed by atoms with Crippen molar-refractivity contribution in [2.24, 2.45) is 0 Å². The SMILES string of the molecule is CCCCCCCCCC/C(F)=C/[I+]c1ccc(C)cc1.F[B-](F)(F)F. The van der Waals surface area contributed by atoms with E-state index in [1.807, 2.05) is 4.08 Å². The first-order valence-corrected chi connectivity index (χ1v) is 11.5. The molecule has 1 rings (SSSR count). The Hall–Kier alpha value is -0.595. The first kappa shape index (κ1) is 25.4. The van der Waals surface area contributed by atoms with E-state index in [4.69, 9.17) is 0 Å². The van der Waals surface area contributed by atoms with Gasteiger partial charge in [0.1, 0.15) is 5.83 Å². The van der Waals surface area contributed by atoms with Gasteiger partial charge in [0.05, 0.1) is 0 Å². The standard InChI is InChI=1S/C19H29FI.BF4/c1-3-4-5-6-7-8-9-10-11-18(20)16-21-19-14-12-17(2)13-15-19;2-1(3,4)5/h12-16H,3-11H2,1-2H3;/q+1;-1/b18-16-;. The summed E-state index contributed by atoms with van der Waals surface area (Å²) < 4.78 is 55.9. The van der Waals surface area contributed by atoms with E-state index in [9.17, 15) is 21.7 Å². The normalized spacial score (nSPS) is 11.9. The van der Waals surface area contributed by atoms with Crippen molar-refractivity contribution in [3.8, 4) is 0 Å². The summed E-state index contributed by atoms with van der Waals surface area (Å²) in [5.41, 5.74) is 1.27. The van der Waals surface area contributed by atoms with Crippen LogP contribution >= 0.6 is 0 Å². The number of halogens is 6. The van der Waals surface area contributed by atoms with E-state index in [2.05, 4.69) is 38.1 Å². The molecular weight excluding hydrogens is 461 g/mol. The first-order chi connectivity index (χ1) is 12.2. The minimum Gasteiger partial charge on any atom is -0.418 e. The Morgan fingerprint density at radius 1 is 0.885 bits per heavy atom. The van der Waals surface area contributed by atoms with Gasteiger partial charge in [-0.2, -0.15) is 0 Å². The second kappa shape index (κ2) is 15.5. The van der Waals surface area contributed by atoms with Crippen molar-refractivity contribution >= 4 is 7.25 Å². The Bertz CT molecular complexity index is 480. The second-order valence-corrected chi connectivity index (χ2v) is 8.67. The second-order valence-electron chi connectivity index (χ2n) is 6.18. The minimum atomic E-state index is -6.00. The molecule has 0 aliphatic carbocycles. The van der Waals surface area contributed by atoms with Gasteiger partial charge in [0.15, 0.2) is 7.65 Å². The fourth-order valence-corrected chi connectivity index (χ4v) is 3.99. The smallest absolute Gasteiger partial charge is 0.418 e. The number of hydrogen-bond donors (Lipinski definition) is 0. The lowest BCUT2D eigenvalue weighted by molar-refractivity contribution is -0.558. The molecular formula is C19H29BF5I. The lowest BCUT2D eigenvalue weighted by Gasteiger charge is -2.00. The van der Waals surface area contributed by atoms with Crippen LogP contribution in [-0.2, 0) is 0 Å². The molecule has 0 atom stereocenters. The zero-order chi connectivity index (χ0) is 19.8. The number of aryl methyl sites for hydroxylation is 1. The van der Waals surface area contributed by atoms with Crippen molar-refractivity contribution in [2.45, 2.75) is 71.6 Å². The molecule has 0 spiro atoms. The van der Waals surface area contributed by atoms with E-state index >= 15 is 0 Å². The van der Waals surface area contributed by atoms with Gasteiger partial charge in [0, 0.05) is 6.42 Å². The summed E-state index contributed by atoms with van der Waals surface area (Å²) in [5.74, 6) is 0.106. The number of unbranched alkanes of at least 4 members (excludes halogenated alkanes) is 7. The van der Waals surface area contributed by atoms with Crippen molar-refractivity contribution in [1.29, 1.82) is 0 Å². The van der Waals surface area contributed by atoms with Crippen LogP contribution in [0.3, 0.4) is 0 Å². The molecule has 0 saturated carbocycles. The molecule has 0 radical (unpaired) electrons. The number of hydrogen-bond acceptors (Lipinski definition) is 0. The fraction of sp³-hybridized carbons (Fsp3) is 0.579. The van der Waals surface area contributed by atoms with Gasteiger partial charge in [-0.15, -0.1) is 0 Å². The molecule has 1 aromatic carbocycles. The van der Waals surface area contributed by atoms with Crippen molar-refractivity contribution in [3.05, 3.63) is 43.3 Å². The molecule has 7 heteroatoms. The van der Waals surface area contributed by atoms with E-state index in [-0.39, 0.29) is 27.0 Å². The molecule has 26 heavy (non-hydrogen) atoms. The van der Waals surface area contributed by atoms with E-state index < -0.39 is 7.25 Å². The van der Waals surface area contributed by atoms with Crippen LogP contribution in [0.4, 0.5) is 21.7 Å². The van der Waals surface area contributed by atoms with Gasteiger partial charge in [-0.05, 0) is 25.5 Å². The van der Waals surface area contributed by atoms with Gasteiger partial charge in [0.25, 0.3) is 0 Å². The average Bonchev–Trinajstić information content (AvgIpc) is 2.55. The molecule has 0 bridgehead atoms. The maximum Gasteiger partial charge on any atom is 0.673 e. The summed E-state index contributed by atoms with van der Waals surface area (Å²) in [7, 11) is -6.00. The summed E-state index contributed by atoms with van der Waals surface area (Å²) in [5, 5.41) is 0. The van der Waals surface area contributed by atoms with Gasteiger partial charge < -0.3 is 17.3 Å². The fourth-order valence-electron chi connectivity index (χ4n) is 2.21. The van der Waals surface area contributed by atoms with Crippen LogP contribution in [0.2, 0.25) is 0 Å². The topological polar surface area (TPSA) is 0 Å². The van der Waals surface area contributed by atoms with Crippen LogP contribution in [0.5, 0.6) is 0 Å². The van der Waals surface area contributed by atoms with E-state index in [0.29, 0.717) is 6.42 Å². The van der Waals surface area contributed by atoms with Gasteiger partial charge in [0.2, 0.25) is 0 Å². The lowest BCUT2D eigenvalue weighted by Crippen LogP contribution is -3.59. The summed E-state index contributed by atoms with van der Waals surface area (Å²) in [4.78, 5) is 0. The number of allylic oxidation sites excluding steroid dienone is 1. The zero-order valence-corrected chi connectivity index (χ0v) is 17.8. The van der Waals surface area contributed by atoms with Crippen LogP contribution in [-0.4, -0.2) is 7.25 Å². The third-order valence-corrected chi connectivity index (χ3v) is 6.00. The average molecular weight is 490 g/mol. The van der Waals surface area contributed by atoms with E-state index in [0.717, 1.165) is 6.42 Å². The first-order valence-electron chi connectivity index (χ1n) is 9.14. The molecule has 0 aromatic heterocycles. The maximum atomic E-state index is 13.7. The molecule has 0 nitrogen and oxygen atoms in total. The molecule has 0 fully saturated rings. The summed E-state index contributed by atoms with van der Waals surface area (Å²) in [6.45, 7) is 4.33. The largest absolute Gasteiger partial charge is 0.673 e. The van der Waals surface area contributed by atoms with Crippen molar-refractivity contribution in [2.75, 3.05) is 0 Å². The van der Waals surface area contributed by atoms with Crippen LogP contribution in [0.1, 0.15) is 70.3 Å².